The van der Waals surface area contributed by atoms with Crippen LogP contribution in [0.1, 0.15) is 6.92 Å². The van der Waals surface area contributed by atoms with Gasteiger partial charge in [-0.3, -0.25) is 4.79 Å². The highest BCUT2D eigenvalue weighted by atomic mass is 35.5. The smallest absolute Gasteiger partial charge is 0.263 e. The van der Waals surface area contributed by atoms with Gasteiger partial charge in [0, 0.05) is 31.2 Å². The zero-order valence-electron chi connectivity index (χ0n) is 15.5. The fourth-order valence-corrected chi connectivity index (χ4v) is 5.15. The minimum absolute atomic E-state index is 0.0561. The number of hydrogen-bond acceptors (Lipinski definition) is 4. The Hall–Kier alpha value is -1.87. The first kappa shape index (κ1) is 21.8. The van der Waals surface area contributed by atoms with Crippen LogP contribution in [-0.2, 0) is 14.8 Å². The monoisotopic (exact) mass is 460 g/mol. The molecule has 1 fully saturated rings. The second-order valence-corrected chi connectivity index (χ2v) is 9.27. The Balaban J connectivity index is 1.62. The first-order chi connectivity index (χ1) is 13.7. The lowest BCUT2D eigenvalue weighted by Gasteiger charge is -2.35. The van der Waals surface area contributed by atoms with Crippen LogP contribution in [0, 0.1) is 5.82 Å². The lowest BCUT2D eigenvalue weighted by molar-refractivity contribution is -0.139. The van der Waals surface area contributed by atoms with Crippen LogP contribution >= 0.6 is 23.2 Å². The van der Waals surface area contributed by atoms with Crippen LogP contribution in [0.3, 0.4) is 0 Å². The third-order valence-electron chi connectivity index (χ3n) is 4.54. The number of nitrogens with zero attached hydrogens (tertiary/aromatic N) is 2. The zero-order valence-corrected chi connectivity index (χ0v) is 17.8. The molecule has 156 valence electrons. The van der Waals surface area contributed by atoms with Gasteiger partial charge in [0.05, 0.1) is 5.02 Å². The number of sulfonamides is 1. The van der Waals surface area contributed by atoms with Crippen LogP contribution in [0.15, 0.2) is 47.4 Å². The summed E-state index contributed by atoms with van der Waals surface area (Å²) in [4.78, 5) is 14.1. The molecule has 2 aromatic rings. The SMILES string of the molecule is C[C@H](Oc1ccc(F)cc1)C(=O)N1CCN(S(=O)(=O)c2cc(Cl)ccc2Cl)CC1. The average molecular weight is 461 g/mol. The predicted octanol–water partition coefficient (Wildman–Crippen LogP) is 3.43. The minimum atomic E-state index is -3.82. The Labute approximate surface area is 178 Å². The lowest BCUT2D eigenvalue weighted by Crippen LogP contribution is -2.53. The molecule has 0 unspecified atom stereocenters. The molecule has 0 aliphatic carbocycles. The van der Waals surface area contributed by atoms with Gasteiger partial charge in [-0.25, -0.2) is 12.8 Å². The number of ether oxygens (including phenoxy) is 1. The van der Waals surface area contributed by atoms with E-state index in [0.717, 1.165) is 0 Å². The summed E-state index contributed by atoms with van der Waals surface area (Å²) in [5, 5.41) is 0.364. The van der Waals surface area contributed by atoms with E-state index in [9.17, 15) is 17.6 Å². The van der Waals surface area contributed by atoms with Crippen molar-refractivity contribution in [2.24, 2.45) is 0 Å². The molecule has 0 saturated carbocycles. The van der Waals surface area contributed by atoms with Gasteiger partial charge in [0.2, 0.25) is 10.0 Å². The molecule has 0 radical (unpaired) electrons. The van der Waals surface area contributed by atoms with Gasteiger partial charge in [0.15, 0.2) is 6.10 Å². The van der Waals surface area contributed by atoms with Crippen LogP contribution in [0.4, 0.5) is 4.39 Å². The summed E-state index contributed by atoms with van der Waals surface area (Å²) in [5.41, 5.74) is 0. The molecule has 1 amide bonds. The van der Waals surface area contributed by atoms with Crippen molar-refractivity contribution in [2.45, 2.75) is 17.9 Å². The summed E-state index contributed by atoms with van der Waals surface area (Å²) < 4.78 is 45.5. The van der Waals surface area contributed by atoms with Gasteiger partial charge in [-0.1, -0.05) is 23.2 Å². The van der Waals surface area contributed by atoms with Gasteiger partial charge in [-0.05, 0) is 49.4 Å². The quantitative estimate of drug-likeness (QED) is 0.685. The van der Waals surface area contributed by atoms with Crippen molar-refractivity contribution in [1.29, 1.82) is 0 Å². The van der Waals surface area contributed by atoms with Crippen LogP contribution in [0.2, 0.25) is 10.0 Å². The molecule has 0 aromatic heterocycles. The van der Waals surface area contributed by atoms with Crippen LogP contribution in [-0.4, -0.2) is 55.8 Å². The van der Waals surface area contributed by atoms with E-state index in [-0.39, 0.29) is 47.0 Å². The Morgan fingerprint density at radius 1 is 1.07 bits per heavy atom. The standard InChI is InChI=1S/C19H19Cl2FN2O4S/c1-13(28-16-5-3-15(22)4-6-16)19(25)23-8-10-24(11-9-23)29(26,27)18-12-14(20)2-7-17(18)21/h2-7,12-13H,8-11H2,1H3/t13-/m0/s1. The normalized spacial score (nSPS) is 16.5. The van der Waals surface area contributed by atoms with Gasteiger partial charge >= 0.3 is 0 Å². The Kier molecular flexibility index (Phi) is 6.68. The van der Waals surface area contributed by atoms with E-state index in [4.69, 9.17) is 27.9 Å². The Morgan fingerprint density at radius 2 is 1.69 bits per heavy atom. The summed E-state index contributed by atoms with van der Waals surface area (Å²) in [7, 11) is -3.82. The molecule has 3 rings (SSSR count). The summed E-state index contributed by atoms with van der Waals surface area (Å²) >= 11 is 11.9. The summed E-state index contributed by atoms with van der Waals surface area (Å²) in [6, 6.07) is 9.65. The number of piperazine rings is 1. The van der Waals surface area contributed by atoms with Crippen molar-refractivity contribution in [3.8, 4) is 5.75 Å². The third kappa shape index (κ3) is 5.01. The summed E-state index contributed by atoms with van der Waals surface area (Å²) in [5.74, 6) is -0.287. The molecule has 0 N–H and O–H groups in total. The van der Waals surface area contributed by atoms with E-state index in [1.54, 1.807) is 11.8 Å². The summed E-state index contributed by atoms with van der Waals surface area (Å²) in [6.07, 6.45) is -0.786. The maximum atomic E-state index is 13.0. The van der Waals surface area contributed by atoms with Gasteiger partial charge < -0.3 is 9.64 Å². The number of hydrogen-bond donors (Lipinski definition) is 0. The molecule has 1 aliphatic rings. The highest BCUT2D eigenvalue weighted by Crippen LogP contribution is 2.28. The molecule has 29 heavy (non-hydrogen) atoms. The minimum Gasteiger partial charge on any atom is -0.481 e. The molecule has 0 spiro atoms. The number of benzene rings is 2. The first-order valence-corrected chi connectivity index (χ1v) is 11.0. The number of rotatable bonds is 5. The van der Waals surface area contributed by atoms with Crippen molar-refractivity contribution in [3.05, 3.63) is 58.3 Å². The molecule has 1 atom stereocenters. The van der Waals surface area contributed by atoms with E-state index in [2.05, 4.69) is 0 Å². The number of carbonyl (C=O) groups is 1. The first-order valence-electron chi connectivity index (χ1n) is 8.84. The number of amides is 1. The van der Waals surface area contributed by atoms with Crippen molar-refractivity contribution in [3.63, 3.8) is 0 Å². The van der Waals surface area contributed by atoms with Crippen molar-refractivity contribution in [1.82, 2.24) is 9.21 Å². The lowest BCUT2D eigenvalue weighted by atomic mass is 10.2. The maximum Gasteiger partial charge on any atom is 0.263 e. The van der Waals surface area contributed by atoms with E-state index >= 15 is 0 Å². The zero-order chi connectivity index (χ0) is 21.2. The molecule has 6 nitrogen and oxygen atoms in total. The van der Waals surface area contributed by atoms with Crippen molar-refractivity contribution in [2.75, 3.05) is 26.2 Å². The fourth-order valence-electron chi connectivity index (χ4n) is 2.99. The molecule has 1 aliphatic heterocycles. The predicted molar refractivity (Wildman–Crippen MR) is 108 cm³/mol. The highest BCUT2D eigenvalue weighted by Gasteiger charge is 2.33. The van der Waals surface area contributed by atoms with E-state index in [0.29, 0.717) is 5.75 Å². The van der Waals surface area contributed by atoms with Crippen LogP contribution < -0.4 is 4.74 Å². The largest absolute Gasteiger partial charge is 0.481 e. The topological polar surface area (TPSA) is 66.9 Å². The van der Waals surface area contributed by atoms with E-state index in [1.807, 2.05) is 0 Å². The van der Waals surface area contributed by atoms with E-state index < -0.39 is 21.9 Å². The van der Waals surface area contributed by atoms with Gasteiger partial charge in [0.25, 0.3) is 5.91 Å². The van der Waals surface area contributed by atoms with E-state index in [1.165, 1.54) is 46.8 Å². The fraction of sp³-hybridized carbons (Fsp3) is 0.316. The van der Waals surface area contributed by atoms with Crippen LogP contribution in [0.5, 0.6) is 5.75 Å². The maximum absolute atomic E-state index is 13.0. The van der Waals surface area contributed by atoms with Crippen LogP contribution in [0.25, 0.3) is 0 Å². The summed E-state index contributed by atoms with van der Waals surface area (Å²) in [6.45, 7) is 2.28. The second kappa shape index (κ2) is 8.87. The number of carbonyl (C=O) groups excluding carboxylic acids is 1. The Bertz CT molecular complexity index is 994. The third-order valence-corrected chi connectivity index (χ3v) is 7.15. The number of halogens is 3. The van der Waals surface area contributed by atoms with Gasteiger partial charge in [-0.15, -0.1) is 0 Å². The van der Waals surface area contributed by atoms with Gasteiger partial charge in [0.1, 0.15) is 16.5 Å². The molecule has 2 aromatic carbocycles. The van der Waals surface area contributed by atoms with Gasteiger partial charge in [-0.2, -0.15) is 4.31 Å². The molecule has 1 saturated heterocycles. The molecule has 0 bridgehead atoms. The average Bonchev–Trinajstić information content (AvgIpc) is 2.71. The Morgan fingerprint density at radius 3 is 2.31 bits per heavy atom. The molecule has 1 heterocycles. The highest BCUT2D eigenvalue weighted by molar-refractivity contribution is 7.89. The molecular formula is C19H19Cl2FN2O4S. The molecule has 10 heteroatoms. The second-order valence-electron chi connectivity index (χ2n) is 6.52. The van der Waals surface area contributed by atoms with Crippen molar-refractivity contribution < 1.29 is 22.3 Å². The van der Waals surface area contributed by atoms with Crippen molar-refractivity contribution >= 4 is 39.1 Å². The molecular weight excluding hydrogens is 442 g/mol.